The first-order valence-electron chi connectivity index (χ1n) is 9.10. The van der Waals surface area contributed by atoms with E-state index in [1.165, 1.54) is 10.5 Å². The number of benzene rings is 2. The lowest BCUT2D eigenvalue weighted by molar-refractivity contribution is -1.01. The minimum Gasteiger partial charge on any atom is -0.360 e. The Balaban J connectivity index is 1.33. The van der Waals surface area contributed by atoms with Crippen LogP contribution in [0.5, 0.6) is 0 Å². The van der Waals surface area contributed by atoms with Gasteiger partial charge in [-0.15, -0.1) is 0 Å². The average Bonchev–Trinajstić information content (AvgIpc) is 3.08. The number of fused-ring (bicyclic) bond motifs is 1. The van der Waals surface area contributed by atoms with Gasteiger partial charge in [0.25, 0.3) is 0 Å². The molecule has 2 heterocycles. The second kappa shape index (κ2) is 7.21. The van der Waals surface area contributed by atoms with Crippen LogP contribution < -0.4 is 9.80 Å². The molecule has 0 spiro atoms. The molecule has 0 radical (unpaired) electrons. The van der Waals surface area contributed by atoms with Crippen molar-refractivity contribution >= 4 is 16.7 Å². The third-order valence-electron chi connectivity index (χ3n) is 5.26. The first-order valence-corrected chi connectivity index (χ1v) is 9.10. The predicted octanol–water partition coefficient (Wildman–Crippen LogP) is 0.334. The highest BCUT2D eigenvalue weighted by molar-refractivity contribution is 6.08. The van der Waals surface area contributed by atoms with Crippen molar-refractivity contribution in [3.63, 3.8) is 0 Å². The van der Waals surface area contributed by atoms with E-state index >= 15 is 0 Å². The fourth-order valence-corrected chi connectivity index (χ4v) is 3.82. The summed E-state index contributed by atoms with van der Waals surface area (Å²) in [6.07, 6.45) is 1.86. The van der Waals surface area contributed by atoms with E-state index in [4.69, 9.17) is 0 Å². The van der Waals surface area contributed by atoms with Crippen LogP contribution in [-0.2, 0) is 6.54 Å². The van der Waals surface area contributed by atoms with Crippen molar-refractivity contribution in [3.8, 4) is 0 Å². The van der Waals surface area contributed by atoms with E-state index in [-0.39, 0.29) is 5.78 Å². The van der Waals surface area contributed by atoms with Crippen molar-refractivity contribution in [2.45, 2.75) is 6.54 Å². The number of carbonyl (C=O) groups excluding carboxylic acids is 1. The number of quaternary nitrogens is 2. The summed E-state index contributed by atoms with van der Waals surface area (Å²) in [4.78, 5) is 18.9. The molecule has 25 heavy (non-hydrogen) atoms. The van der Waals surface area contributed by atoms with Crippen LogP contribution >= 0.6 is 0 Å². The van der Waals surface area contributed by atoms with E-state index in [9.17, 15) is 4.79 Å². The molecule has 0 bridgehead atoms. The Morgan fingerprint density at radius 1 is 0.880 bits per heavy atom. The highest BCUT2D eigenvalue weighted by Gasteiger charge is 2.26. The molecule has 1 saturated heterocycles. The van der Waals surface area contributed by atoms with E-state index in [0.717, 1.165) is 49.2 Å². The quantitative estimate of drug-likeness (QED) is 0.578. The zero-order valence-electron chi connectivity index (χ0n) is 14.4. The largest absolute Gasteiger partial charge is 0.360 e. The Bertz CT molecular complexity index is 848. The van der Waals surface area contributed by atoms with Gasteiger partial charge >= 0.3 is 0 Å². The van der Waals surface area contributed by atoms with Crippen molar-refractivity contribution < 1.29 is 14.6 Å². The van der Waals surface area contributed by atoms with Crippen molar-refractivity contribution in [1.82, 2.24) is 4.98 Å². The smallest absolute Gasteiger partial charge is 0.219 e. The third-order valence-corrected chi connectivity index (χ3v) is 5.26. The minimum absolute atomic E-state index is 0.249. The van der Waals surface area contributed by atoms with Crippen LogP contribution in [0.2, 0.25) is 0 Å². The second-order valence-corrected chi connectivity index (χ2v) is 7.01. The molecule has 4 rings (SSSR count). The molecule has 1 aliphatic heterocycles. The van der Waals surface area contributed by atoms with Gasteiger partial charge in [-0.05, 0) is 6.07 Å². The monoisotopic (exact) mass is 335 g/mol. The lowest BCUT2D eigenvalue weighted by atomic mass is 10.1. The van der Waals surface area contributed by atoms with Crippen LogP contribution in [0, 0.1) is 0 Å². The maximum absolute atomic E-state index is 12.7. The summed E-state index contributed by atoms with van der Waals surface area (Å²) in [6.45, 7) is 6.08. The molecule has 1 aliphatic rings. The van der Waals surface area contributed by atoms with Crippen LogP contribution in [-0.4, -0.2) is 43.5 Å². The first-order chi connectivity index (χ1) is 12.3. The van der Waals surface area contributed by atoms with Crippen LogP contribution in [0.3, 0.4) is 0 Å². The van der Waals surface area contributed by atoms with E-state index < -0.39 is 0 Å². The van der Waals surface area contributed by atoms with Crippen LogP contribution in [0.1, 0.15) is 15.9 Å². The molecule has 0 saturated carbocycles. The number of nitrogens with one attached hydrogen (secondary N) is 3. The number of piperazine rings is 1. The van der Waals surface area contributed by atoms with E-state index in [1.807, 2.05) is 30.5 Å². The van der Waals surface area contributed by atoms with Gasteiger partial charge in [0.15, 0.2) is 0 Å². The number of hydrogen-bond acceptors (Lipinski definition) is 1. The maximum Gasteiger partial charge on any atom is 0.219 e. The average molecular weight is 335 g/mol. The number of aromatic amines is 1. The van der Waals surface area contributed by atoms with Gasteiger partial charge in [-0.3, -0.25) is 4.79 Å². The fraction of sp³-hybridized carbons (Fsp3) is 0.286. The lowest BCUT2D eigenvalue weighted by Crippen LogP contribution is -3.27. The van der Waals surface area contributed by atoms with Crippen molar-refractivity contribution in [1.29, 1.82) is 0 Å². The number of ketones is 1. The standard InChI is InChI=1S/C21H23N3O/c25-21(19-14-22-20-9-5-4-8-18(19)20)16-24-12-10-23(11-13-24)15-17-6-2-1-3-7-17/h1-9,14,22H,10-13,15-16H2/p+2. The van der Waals surface area contributed by atoms with Crippen molar-refractivity contribution in [3.05, 3.63) is 71.9 Å². The summed E-state index contributed by atoms with van der Waals surface area (Å²) in [7, 11) is 0. The number of Topliss-reactive ketones (excluding diaryl/α,β-unsaturated/α-hetero) is 1. The molecule has 0 aliphatic carbocycles. The Morgan fingerprint density at radius 2 is 1.56 bits per heavy atom. The molecule has 4 nitrogen and oxygen atoms in total. The van der Waals surface area contributed by atoms with Gasteiger partial charge in [0, 0.05) is 28.2 Å². The van der Waals surface area contributed by atoms with Gasteiger partial charge in [0.2, 0.25) is 5.78 Å². The van der Waals surface area contributed by atoms with Crippen molar-refractivity contribution in [2.24, 2.45) is 0 Å². The summed E-state index contributed by atoms with van der Waals surface area (Å²) in [5.74, 6) is 0.249. The summed E-state index contributed by atoms with van der Waals surface area (Å²) < 4.78 is 0. The van der Waals surface area contributed by atoms with Gasteiger partial charge in [-0.25, -0.2) is 0 Å². The van der Waals surface area contributed by atoms with E-state index in [1.54, 1.807) is 4.90 Å². The summed E-state index contributed by atoms with van der Waals surface area (Å²) in [5.41, 5.74) is 3.27. The number of carbonyl (C=O) groups is 1. The zero-order chi connectivity index (χ0) is 17.1. The normalized spacial score (nSPS) is 20.6. The Morgan fingerprint density at radius 3 is 2.36 bits per heavy atom. The molecule has 1 aromatic heterocycles. The Hall–Kier alpha value is -2.43. The summed E-state index contributed by atoms with van der Waals surface area (Å²) in [6, 6.07) is 18.7. The van der Waals surface area contributed by atoms with Gasteiger partial charge < -0.3 is 14.8 Å². The molecule has 3 N–H and O–H groups in total. The maximum atomic E-state index is 12.7. The SMILES string of the molecule is O=C(C[NH+]1CC[NH+](Cc2ccccc2)CC1)c1c[nH]c2ccccc12. The first kappa shape index (κ1) is 16.1. The second-order valence-electron chi connectivity index (χ2n) is 7.01. The molecular formula is C21H25N3O+2. The molecule has 2 aromatic carbocycles. The van der Waals surface area contributed by atoms with Crippen LogP contribution in [0.15, 0.2) is 60.8 Å². The predicted molar refractivity (Wildman–Crippen MR) is 99.0 cm³/mol. The number of rotatable bonds is 5. The van der Waals surface area contributed by atoms with Gasteiger partial charge in [0.05, 0.1) is 0 Å². The number of para-hydroxylation sites is 1. The highest BCUT2D eigenvalue weighted by atomic mass is 16.1. The molecule has 128 valence electrons. The molecule has 0 amide bonds. The van der Waals surface area contributed by atoms with Crippen LogP contribution in [0.4, 0.5) is 0 Å². The number of hydrogen-bond donors (Lipinski definition) is 3. The fourth-order valence-electron chi connectivity index (χ4n) is 3.82. The van der Waals surface area contributed by atoms with Crippen LogP contribution in [0.25, 0.3) is 10.9 Å². The molecular weight excluding hydrogens is 310 g/mol. The number of H-pyrrole nitrogens is 1. The van der Waals surface area contributed by atoms with E-state index in [2.05, 4.69) is 35.3 Å². The lowest BCUT2D eigenvalue weighted by Gasteiger charge is -2.29. The van der Waals surface area contributed by atoms with Gasteiger partial charge in [-0.1, -0.05) is 48.5 Å². The topological polar surface area (TPSA) is 41.7 Å². The zero-order valence-corrected chi connectivity index (χ0v) is 14.4. The molecule has 4 heteroatoms. The van der Waals surface area contributed by atoms with Gasteiger partial charge in [-0.2, -0.15) is 0 Å². The molecule has 3 aromatic rings. The van der Waals surface area contributed by atoms with E-state index in [0.29, 0.717) is 6.54 Å². The summed E-state index contributed by atoms with van der Waals surface area (Å²) in [5, 5.41) is 1.04. The molecule has 1 fully saturated rings. The molecule has 0 atom stereocenters. The third kappa shape index (κ3) is 3.65. The van der Waals surface area contributed by atoms with Crippen molar-refractivity contribution in [2.75, 3.05) is 32.7 Å². The van der Waals surface area contributed by atoms with Gasteiger partial charge in [0.1, 0.15) is 39.3 Å². The number of aromatic nitrogens is 1. The minimum atomic E-state index is 0.249. The summed E-state index contributed by atoms with van der Waals surface area (Å²) >= 11 is 0. The highest BCUT2D eigenvalue weighted by Crippen LogP contribution is 2.17. The Kier molecular flexibility index (Phi) is 4.63. The Labute approximate surface area is 148 Å². The molecule has 0 unspecified atom stereocenters.